The summed E-state index contributed by atoms with van der Waals surface area (Å²) in [7, 11) is 1.67. The van der Waals surface area contributed by atoms with Crippen LogP contribution in [0.5, 0.6) is 0 Å². The quantitative estimate of drug-likeness (QED) is 0.801. The Morgan fingerprint density at radius 1 is 1.36 bits per heavy atom. The number of fused-ring (bicyclic) bond motifs is 1. The lowest BCUT2D eigenvalue weighted by Gasteiger charge is -2.16. The number of amides is 1. The van der Waals surface area contributed by atoms with E-state index in [1.54, 1.807) is 31.4 Å². The van der Waals surface area contributed by atoms with E-state index in [2.05, 4.69) is 15.0 Å². The Balaban J connectivity index is 1.83. The molecule has 7 heteroatoms. The number of aromatic nitrogens is 3. The van der Waals surface area contributed by atoms with Crippen LogP contribution >= 0.6 is 11.3 Å². The van der Waals surface area contributed by atoms with Crippen LogP contribution in [-0.2, 0) is 6.54 Å². The summed E-state index contributed by atoms with van der Waals surface area (Å²) in [6.45, 7) is 2.09. The van der Waals surface area contributed by atoms with E-state index >= 15 is 0 Å². The molecule has 0 saturated carbocycles. The van der Waals surface area contributed by atoms with Gasteiger partial charge in [0.15, 0.2) is 0 Å². The van der Waals surface area contributed by atoms with Gasteiger partial charge in [0.2, 0.25) is 0 Å². The number of thiophene rings is 1. The Labute approximate surface area is 130 Å². The molecule has 0 atom stereocenters. The van der Waals surface area contributed by atoms with Crippen molar-refractivity contribution in [3.8, 4) is 0 Å². The predicted octanol–water partition coefficient (Wildman–Crippen LogP) is 1.96. The summed E-state index contributed by atoms with van der Waals surface area (Å²) in [4.78, 5) is 37.0. The first kappa shape index (κ1) is 14.4. The number of hydrogen-bond acceptors (Lipinski definition) is 5. The van der Waals surface area contributed by atoms with E-state index in [0.29, 0.717) is 21.6 Å². The summed E-state index contributed by atoms with van der Waals surface area (Å²) < 4.78 is 0.598. The molecular formula is C15H14N4O2S. The fourth-order valence-corrected chi connectivity index (χ4v) is 2.83. The maximum absolute atomic E-state index is 12.3. The van der Waals surface area contributed by atoms with Gasteiger partial charge < -0.3 is 9.88 Å². The van der Waals surface area contributed by atoms with E-state index in [9.17, 15) is 9.59 Å². The molecule has 112 valence electrons. The smallest absolute Gasteiger partial charge is 0.268 e. The molecule has 0 aliphatic heterocycles. The number of nitrogens with zero attached hydrogens (tertiary/aromatic N) is 3. The van der Waals surface area contributed by atoms with E-state index in [1.807, 2.05) is 12.3 Å². The van der Waals surface area contributed by atoms with Crippen molar-refractivity contribution in [2.24, 2.45) is 0 Å². The maximum atomic E-state index is 12.3. The van der Waals surface area contributed by atoms with Crippen LogP contribution in [-0.4, -0.2) is 32.8 Å². The predicted molar refractivity (Wildman–Crippen MR) is 85.0 cm³/mol. The molecule has 3 aromatic rings. The summed E-state index contributed by atoms with van der Waals surface area (Å²) in [5, 5.41) is 1.82. The summed E-state index contributed by atoms with van der Waals surface area (Å²) in [6.07, 6.45) is 1.55. The Hall–Kier alpha value is -2.54. The first-order chi connectivity index (χ1) is 10.5. The van der Waals surface area contributed by atoms with Crippen LogP contribution in [0.2, 0.25) is 0 Å². The number of nitrogens with one attached hydrogen (secondary N) is 1. The van der Waals surface area contributed by atoms with Gasteiger partial charge in [-0.3, -0.25) is 14.6 Å². The fourth-order valence-electron chi connectivity index (χ4n) is 2.11. The minimum Gasteiger partial charge on any atom is -0.334 e. The average molecular weight is 314 g/mol. The van der Waals surface area contributed by atoms with Gasteiger partial charge in [0.05, 0.1) is 17.6 Å². The largest absolute Gasteiger partial charge is 0.334 e. The standard InChI is InChI=1S/C15H14N4O2S/c1-9-3-4-10(7-16-9)15(21)19(2)8-12-17-11-5-6-22-13(11)14(20)18-12/h3-7H,8H2,1-2H3,(H,17,18,20). The molecule has 22 heavy (non-hydrogen) atoms. The number of pyridine rings is 1. The number of aromatic amines is 1. The third kappa shape index (κ3) is 2.75. The SMILES string of the molecule is Cc1ccc(C(=O)N(C)Cc2nc3ccsc3c(=O)[nH]2)cn1. The fraction of sp³-hybridized carbons (Fsp3) is 0.200. The third-order valence-electron chi connectivity index (χ3n) is 3.26. The van der Waals surface area contributed by atoms with Crippen molar-refractivity contribution in [1.82, 2.24) is 19.9 Å². The average Bonchev–Trinajstić information content (AvgIpc) is 2.96. The lowest BCUT2D eigenvalue weighted by atomic mass is 10.2. The first-order valence-electron chi connectivity index (χ1n) is 6.69. The molecule has 3 aromatic heterocycles. The highest BCUT2D eigenvalue weighted by atomic mass is 32.1. The monoisotopic (exact) mass is 314 g/mol. The van der Waals surface area contributed by atoms with Gasteiger partial charge in [-0.05, 0) is 30.5 Å². The van der Waals surface area contributed by atoms with Gasteiger partial charge >= 0.3 is 0 Å². The Morgan fingerprint density at radius 2 is 2.18 bits per heavy atom. The molecule has 0 aliphatic carbocycles. The molecule has 0 aromatic carbocycles. The van der Waals surface area contributed by atoms with Crippen molar-refractivity contribution in [2.45, 2.75) is 13.5 Å². The zero-order chi connectivity index (χ0) is 15.7. The van der Waals surface area contributed by atoms with Crippen molar-refractivity contribution < 1.29 is 4.79 Å². The van der Waals surface area contributed by atoms with Crippen LogP contribution in [0.4, 0.5) is 0 Å². The summed E-state index contributed by atoms with van der Waals surface area (Å²) in [5.41, 5.74) is 1.84. The molecule has 0 spiro atoms. The minimum atomic E-state index is -0.173. The number of carbonyl (C=O) groups is 1. The molecular weight excluding hydrogens is 300 g/mol. The zero-order valence-corrected chi connectivity index (χ0v) is 13.0. The van der Waals surface area contributed by atoms with Gasteiger partial charge in [-0.2, -0.15) is 0 Å². The van der Waals surface area contributed by atoms with Gasteiger partial charge in [-0.1, -0.05) is 0 Å². The van der Waals surface area contributed by atoms with Crippen molar-refractivity contribution in [3.63, 3.8) is 0 Å². The maximum Gasteiger partial charge on any atom is 0.268 e. The van der Waals surface area contributed by atoms with E-state index in [-0.39, 0.29) is 18.0 Å². The van der Waals surface area contributed by atoms with Crippen molar-refractivity contribution >= 4 is 27.5 Å². The highest BCUT2D eigenvalue weighted by molar-refractivity contribution is 7.17. The Bertz CT molecular complexity index is 882. The van der Waals surface area contributed by atoms with Crippen molar-refractivity contribution in [3.05, 3.63) is 57.2 Å². The summed E-state index contributed by atoms with van der Waals surface area (Å²) in [6, 6.07) is 5.32. The molecule has 3 rings (SSSR count). The van der Waals surface area contributed by atoms with E-state index in [1.165, 1.54) is 16.2 Å². The first-order valence-corrected chi connectivity index (χ1v) is 7.57. The molecule has 3 heterocycles. The molecule has 0 unspecified atom stereocenters. The molecule has 0 bridgehead atoms. The molecule has 0 aliphatic rings. The molecule has 1 N–H and O–H groups in total. The van der Waals surface area contributed by atoms with Gasteiger partial charge in [0, 0.05) is 18.9 Å². The van der Waals surface area contributed by atoms with E-state index in [0.717, 1.165) is 5.69 Å². The van der Waals surface area contributed by atoms with E-state index < -0.39 is 0 Å². The van der Waals surface area contributed by atoms with E-state index in [4.69, 9.17) is 0 Å². The highest BCUT2D eigenvalue weighted by Crippen LogP contribution is 2.14. The Morgan fingerprint density at radius 3 is 2.91 bits per heavy atom. The second kappa shape index (κ2) is 5.69. The lowest BCUT2D eigenvalue weighted by molar-refractivity contribution is 0.0781. The normalized spacial score (nSPS) is 10.8. The molecule has 1 amide bonds. The van der Waals surface area contributed by atoms with Crippen LogP contribution in [0.15, 0.2) is 34.6 Å². The van der Waals surface area contributed by atoms with Crippen LogP contribution in [0.1, 0.15) is 21.9 Å². The van der Waals surface area contributed by atoms with Crippen LogP contribution in [0, 0.1) is 6.92 Å². The highest BCUT2D eigenvalue weighted by Gasteiger charge is 2.14. The summed E-state index contributed by atoms with van der Waals surface area (Å²) in [5.74, 6) is 0.299. The molecule has 0 radical (unpaired) electrons. The number of carbonyl (C=O) groups excluding carboxylic acids is 1. The van der Waals surface area contributed by atoms with Crippen molar-refractivity contribution in [1.29, 1.82) is 0 Å². The molecule has 6 nitrogen and oxygen atoms in total. The van der Waals surface area contributed by atoms with Crippen LogP contribution < -0.4 is 5.56 Å². The lowest BCUT2D eigenvalue weighted by Crippen LogP contribution is -2.28. The molecule has 0 saturated heterocycles. The van der Waals surface area contributed by atoms with Gasteiger partial charge in [0.25, 0.3) is 11.5 Å². The second-order valence-electron chi connectivity index (χ2n) is 5.00. The topological polar surface area (TPSA) is 79.0 Å². The van der Waals surface area contributed by atoms with Gasteiger partial charge in [0.1, 0.15) is 10.5 Å². The van der Waals surface area contributed by atoms with Gasteiger partial charge in [-0.25, -0.2) is 4.98 Å². The third-order valence-corrected chi connectivity index (χ3v) is 4.16. The van der Waals surface area contributed by atoms with Crippen molar-refractivity contribution in [2.75, 3.05) is 7.05 Å². The second-order valence-corrected chi connectivity index (χ2v) is 5.91. The summed E-state index contributed by atoms with van der Waals surface area (Å²) >= 11 is 1.35. The molecule has 0 fully saturated rings. The van der Waals surface area contributed by atoms with Crippen LogP contribution in [0.3, 0.4) is 0 Å². The Kier molecular flexibility index (Phi) is 3.72. The number of hydrogen-bond donors (Lipinski definition) is 1. The van der Waals surface area contributed by atoms with Crippen LogP contribution in [0.25, 0.3) is 10.2 Å². The van der Waals surface area contributed by atoms with Gasteiger partial charge in [-0.15, -0.1) is 11.3 Å². The minimum absolute atomic E-state index is 0.166. The number of H-pyrrole nitrogens is 1. The zero-order valence-electron chi connectivity index (χ0n) is 12.2. The number of aryl methyl sites for hydroxylation is 1. The number of rotatable bonds is 3.